The summed E-state index contributed by atoms with van der Waals surface area (Å²) in [6.07, 6.45) is 0.711. The lowest BCUT2D eigenvalue weighted by atomic mass is 10.2. The van der Waals surface area contributed by atoms with E-state index >= 15 is 0 Å². The zero-order valence-corrected chi connectivity index (χ0v) is 10.8. The molecule has 108 valence electrons. The molecule has 1 aliphatic rings. The molecule has 6 nitrogen and oxygen atoms in total. The zero-order chi connectivity index (χ0) is 14.5. The molecule has 7 heteroatoms. The van der Waals surface area contributed by atoms with E-state index in [1.165, 1.54) is 4.90 Å². The monoisotopic (exact) mass is 282 g/mol. The topological polar surface area (TPSA) is 78.9 Å². The first kappa shape index (κ1) is 14.3. The second kappa shape index (κ2) is 6.33. The Kier molecular flexibility index (Phi) is 4.52. The van der Waals surface area contributed by atoms with Crippen LogP contribution in [0.2, 0.25) is 0 Å². The Morgan fingerprint density at radius 1 is 1.30 bits per heavy atom. The number of carbonyl (C=O) groups is 2. The average molecular weight is 282 g/mol. The number of carbonyl (C=O) groups excluding carboxylic acids is 1. The smallest absolute Gasteiger partial charge is 0.337 e. The van der Waals surface area contributed by atoms with Gasteiger partial charge in [-0.05, 0) is 24.6 Å². The van der Waals surface area contributed by atoms with E-state index in [0.717, 1.165) is 18.2 Å². The third-order valence-corrected chi connectivity index (χ3v) is 2.96. The van der Waals surface area contributed by atoms with Crippen molar-refractivity contribution < 1.29 is 23.8 Å². The Morgan fingerprint density at radius 3 is 2.85 bits per heavy atom. The molecule has 2 amide bonds. The molecule has 0 radical (unpaired) electrons. The van der Waals surface area contributed by atoms with Crippen molar-refractivity contribution in [1.82, 2.24) is 4.90 Å². The highest BCUT2D eigenvalue weighted by Crippen LogP contribution is 2.18. The number of anilines is 1. The molecule has 0 unspecified atom stereocenters. The van der Waals surface area contributed by atoms with Crippen LogP contribution in [0.25, 0.3) is 0 Å². The predicted octanol–water partition coefficient (Wildman–Crippen LogP) is 1.78. The Labute approximate surface area is 115 Å². The summed E-state index contributed by atoms with van der Waals surface area (Å²) >= 11 is 0. The maximum atomic E-state index is 13.2. The van der Waals surface area contributed by atoms with E-state index in [9.17, 15) is 14.0 Å². The van der Waals surface area contributed by atoms with Gasteiger partial charge in [-0.25, -0.2) is 14.0 Å². The Morgan fingerprint density at radius 2 is 2.10 bits per heavy atom. The van der Waals surface area contributed by atoms with Gasteiger partial charge in [0.05, 0.1) is 17.9 Å². The summed E-state index contributed by atoms with van der Waals surface area (Å²) in [6.45, 7) is 1.96. The summed E-state index contributed by atoms with van der Waals surface area (Å²) in [6, 6.07) is 2.71. The van der Waals surface area contributed by atoms with Crippen molar-refractivity contribution >= 4 is 17.7 Å². The standard InChI is InChI=1S/C13H15FN2O4/c14-9-2-3-10(12(17)18)11(8-9)15-13(19)16-4-1-6-20-7-5-16/h2-3,8H,1,4-7H2,(H,15,19)(H,17,18). The van der Waals surface area contributed by atoms with Gasteiger partial charge in [0, 0.05) is 19.7 Å². The summed E-state index contributed by atoms with van der Waals surface area (Å²) in [5, 5.41) is 11.5. The molecule has 0 atom stereocenters. The van der Waals surface area contributed by atoms with Crippen LogP contribution in [0, 0.1) is 5.82 Å². The van der Waals surface area contributed by atoms with Gasteiger partial charge in [0.2, 0.25) is 0 Å². The molecule has 1 aliphatic heterocycles. The predicted molar refractivity (Wildman–Crippen MR) is 69.4 cm³/mol. The lowest BCUT2D eigenvalue weighted by Crippen LogP contribution is -2.37. The third-order valence-electron chi connectivity index (χ3n) is 2.96. The molecule has 0 aromatic heterocycles. The number of hydrogen-bond acceptors (Lipinski definition) is 3. The number of rotatable bonds is 2. The first-order chi connectivity index (χ1) is 9.58. The van der Waals surface area contributed by atoms with Gasteiger partial charge in [-0.1, -0.05) is 0 Å². The van der Waals surface area contributed by atoms with Crippen LogP contribution < -0.4 is 5.32 Å². The van der Waals surface area contributed by atoms with Gasteiger partial charge in [-0.15, -0.1) is 0 Å². The normalized spacial score (nSPS) is 15.6. The zero-order valence-electron chi connectivity index (χ0n) is 10.8. The Bertz CT molecular complexity index is 513. The molecule has 1 aromatic carbocycles. The Hall–Kier alpha value is -2.15. The van der Waals surface area contributed by atoms with Crippen LogP contribution in [-0.4, -0.2) is 48.3 Å². The number of carboxylic acids is 1. The van der Waals surface area contributed by atoms with Crippen molar-refractivity contribution in [1.29, 1.82) is 0 Å². The van der Waals surface area contributed by atoms with E-state index in [4.69, 9.17) is 9.84 Å². The Balaban J connectivity index is 2.14. The van der Waals surface area contributed by atoms with Crippen LogP contribution in [0.1, 0.15) is 16.8 Å². The van der Waals surface area contributed by atoms with Gasteiger partial charge in [-0.3, -0.25) is 0 Å². The van der Waals surface area contributed by atoms with E-state index in [1.807, 2.05) is 0 Å². The highest BCUT2D eigenvalue weighted by molar-refractivity contribution is 6.00. The largest absolute Gasteiger partial charge is 0.478 e. The molecular formula is C13H15FN2O4. The number of amides is 2. The maximum Gasteiger partial charge on any atom is 0.337 e. The number of urea groups is 1. The van der Waals surface area contributed by atoms with Gasteiger partial charge in [0.25, 0.3) is 0 Å². The number of benzene rings is 1. The van der Waals surface area contributed by atoms with Crippen molar-refractivity contribution in [2.24, 2.45) is 0 Å². The number of halogens is 1. The summed E-state index contributed by atoms with van der Waals surface area (Å²) in [7, 11) is 0. The lowest BCUT2D eigenvalue weighted by molar-refractivity contribution is 0.0698. The van der Waals surface area contributed by atoms with Crippen molar-refractivity contribution in [3.05, 3.63) is 29.6 Å². The summed E-state index contributed by atoms with van der Waals surface area (Å²) < 4.78 is 18.4. The van der Waals surface area contributed by atoms with Crippen LogP contribution >= 0.6 is 0 Å². The second-order valence-corrected chi connectivity index (χ2v) is 4.38. The lowest BCUT2D eigenvalue weighted by Gasteiger charge is -2.20. The molecule has 1 aromatic rings. The SMILES string of the molecule is O=C(O)c1ccc(F)cc1NC(=O)N1CCCOCC1. The third kappa shape index (κ3) is 3.45. The molecule has 2 N–H and O–H groups in total. The van der Waals surface area contributed by atoms with E-state index in [2.05, 4.69) is 5.32 Å². The number of nitrogens with zero attached hydrogens (tertiary/aromatic N) is 1. The molecule has 1 fully saturated rings. The number of carboxylic acid groups (broad SMARTS) is 1. The first-order valence-electron chi connectivity index (χ1n) is 6.24. The summed E-state index contributed by atoms with van der Waals surface area (Å²) in [5.41, 5.74) is -0.196. The van der Waals surface area contributed by atoms with Gasteiger partial charge >= 0.3 is 12.0 Å². The van der Waals surface area contributed by atoms with Gasteiger partial charge in [0.1, 0.15) is 5.82 Å². The molecule has 20 heavy (non-hydrogen) atoms. The first-order valence-corrected chi connectivity index (χ1v) is 6.24. The van der Waals surface area contributed by atoms with Gasteiger partial charge in [0.15, 0.2) is 0 Å². The number of aromatic carboxylic acids is 1. The molecule has 0 bridgehead atoms. The van der Waals surface area contributed by atoms with Crippen LogP contribution in [0.5, 0.6) is 0 Å². The maximum absolute atomic E-state index is 13.2. The quantitative estimate of drug-likeness (QED) is 0.866. The number of hydrogen-bond donors (Lipinski definition) is 2. The fraction of sp³-hybridized carbons (Fsp3) is 0.385. The van der Waals surface area contributed by atoms with Crippen LogP contribution in [-0.2, 0) is 4.74 Å². The second-order valence-electron chi connectivity index (χ2n) is 4.38. The van der Waals surface area contributed by atoms with E-state index < -0.39 is 17.8 Å². The minimum absolute atomic E-state index is 0.0485. The summed E-state index contributed by atoms with van der Waals surface area (Å²) in [5.74, 6) is -1.83. The molecule has 0 saturated carbocycles. The van der Waals surface area contributed by atoms with Crippen molar-refractivity contribution in [2.75, 3.05) is 31.6 Å². The molecule has 0 aliphatic carbocycles. The fourth-order valence-electron chi connectivity index (χ4n) is 1.95. The van der Waals surface area contributed by atoms with E-state index in [-0.39, 0.29) is 11.3 Å². The highest BCUT2D eigenvalue weighted by atomic mass is 19.1. The van der Waals surface area contributed by atoms with E-state index in [0.29, 0.717) is 32.7 Å². The number of nitrogens with one attached hydrogen (secondary N) is 1. The van der Waals surface area contributed by atoms with Crippen molar-refractivity contribution in [3.63, 3.8) is 0 Å². The minimum Gasteiger partial charge on any atom is -0.478 e. The summed E-state index contributed by atoms with van der Waals surface area (Å²) in [4.78, 5) is 24.6. The van der Waals surface area contributed by atoms with Crippen molar-refractivity contribution in [3.8, 4) is 0 Å². The minimum atomic E-state index is -1.22. The fourth-order valence-corrected chi connectivity index (χ4v) is 1.95. The molecule has 2 rings (SSSR count). The van der Waals surface area contributed by atoms with Crippen LogP contribution in [0.15, 0.2) is 18.2 Å². The van der Waals surface area contributed by atoms with Gasteiger partial charge < -0.3 is 20.1 Å². The van der Waals surface area contributed by atoms with Crippen LogP contribution in [0.4, 0.5) is 14.9 Å². The molecule has 1 saturated heterocycles. The molecule has 0 spiro atoms. The average Bonchev–Trinajstić information content (AvgIpc) is 2.67. The van der Waals surface area contributed by atoms with Crippen LogP contribution in [0.3, 0.4) is 0 Å². The molecular weight excluding hydrogens is 267 g/mol. The number of ether oxygens (including phenoxy) is 1. The van der Waals surface area contributed by atoms with Crippen molar-refractivity contribution in [2.45, 2.75) is 6.42 Å². The highest BCUT2D eigenvalue weighted by Gasteiger charge is 2.19. The molecule has 1 heterocycles. The van der Waals surface area contributed by atoms with Gasteiger partial charge in [-0.2, -0.15) is 0 Å². The van der Waals surface area contributed by atoms with E-state index in [1.54, 1.807) is 0 Å².